The number of nitrogens with one attached hydrogen (secondary N) is 1. The van der Waals surface area contributed by atoms with E-state index >= 15 is 0 Å². The number of benzene rings is 1. The Balaban J connectivity index is 2.82. The topological polar surface area (TPSA) is 101 Å². The quantitative estimate of drug-likeness (QED) is 0.800. The maximum Gasteiger partial charge on any atom is 0.335 e. The molecule has 0 aromatic heterocycles. The fourth-order valence-electron chi connectivity index (χ4n) is 1.38. The lowest BCUT2D eigenvalue weighted by Crippen LogP contribution is -2.30. The predicted molar refractivity (Wildman–Crippen MR) is 68.8 cm³/mol. The van der Waals surface area contributed by atoms with Gasteiger partial charge in [-0.1, -0.05) is 6.92 Å². The van der Waals surface area contributed by atoms with Crippen LogP contribution in [-0.2, 0) is 14.6 Å². The maximum atomic E-state index is 11.9. The summed E-state index contributed by atoms with van der Waals surface area (Å²) in [6.45, 7) is 2.28. The summed E-state index contributed by atoms with van der Waals surface area (Å²) in [6, 6.07) is 4.76. The van der Waals surface area contributed by atoms with E-state index in [1.54, 1.807) is 0 Å². The van der Waals surface area contributed by atoms with Crippen molar-refractivity contribution in [1.82, 2.24) is 5.32 Å². The molecule has 104 valence electrons. The molecule has 0 atom stereocenters. The van der Waals surface area contributed by atoms with Crippen LogP contribution < -0.4 is 5.32 Å². The number of hydrogen-bond donors (Lipinski definition) is 2. The van der Waals surface area contributed by atoms with Crippen molar-refractivity contribution < 1.29 is 23.1 Å². The molecule has 0 saturated heterocycles. The van der Waals surface area contributed by atoms with Gasteiger partial charge in [-0.3, -0.25) is 4.79 Å². The third-order valence-corrected chi connectivity index (χ3v) is 3.99. The number of carboxylic acid groups (broad SMARTS) is 1. The Bertz CT molecular complexity index is 562. The highest BCUT2D eigenvalue weighted by molar-refractivity contribution is 7.92. The minimum absolute atomic E-state index is 0.00520. The van der Waals surface area contributed by atoms with Gasteiger partial charge < -0.3 is 10.4 Å². The van der Waals surface area contributed by atoms with Gasteiger partial charge in [-0.05, 0) is 30.7 Å². The molecule has 0 saturated carbocycles. The van der Waals surface area contributed by atoms with Crippen LogP contribution in [0.1, 0.15) is 23.7 Å². The molecule has 1 aromatic rings. The molecule has 0 aliphatic carbocycles. The van der Waals surface area contributed by atoms with Crippen molar-refractivity contribution >= 4 is 21.7 Å². The lowest BCUT2D eigenvalue weighted by atomic mass is 10.2. The third-order valence-electron chi connectivity index (χ3n) is 2.35. The Morgan fingerprint density at radius 3 is 2.26 bits per heavy atom. The molecule has 0 radical (unpaired) electrons. The zero-order valence-corrected chi connectivity index (χ0v) is 11.2. The zero-order valence-electron chi connectivity index (χ0n) is 10.4. The normalized spacial score (nSPS) is 11.0. The molecule has 19 heavy (non-hydrogen) atoms. The first kappa shape index (κ1) is 15.2. The van der Waals surface area contributed by atoms with Gasteiger partial charge in [0.15, 0.2) is 9.84 Å². The molecule has 7 heteroatoms. The van der Waals surface area contributed by atoms with Crippen LogP contribution in [0.25, 0.3) is 0 Å². The van der Waals surface area contributed by atoms with Crippen LogP contribution in [0.15, 0.2) is 29.2 Å². The molecule has 0 spiro atoms. The Morgan fingerprint density at radius 1 is 1.21 bits per heavy atom. The second kappa shape index (κ2) is 6.33. The van der Waals surface area contributed by atoms with Crippen LogP contribution in [0.3, 0.4) is 0 Å². The molecule has 0 aliphatic heterocycles. The summed E-state index contributed by atoms with van der Waals surface area (Å²) in [6.07, 6.45) is 0.721. The largest absolute Gasteiger partial charge is 0.478 e. The summed E-state index contributed by atoms with van der Waals surface area (Å²) in [5, 5.41) is 11.2. The monoisotopic (exact) mass is 285 g/mol. The lowest BCUT2D eigenvalue weighted by Gasteiger charge is -2.05. The molecule has 1 aromatic carbocycles. The maximum absolute atomic E-state index is 11.9. The van der Waals surface area contributed by atoms with Crippen LogP contribution in [0, 0.1) is 0 Å². The van der Waals surface area contributed by atoms with E-state index in [0.717, 1.165) is 6.42 Å². The van der Waals surface area contributed by atoms with Crippen molar-refractivity contribution in [2.45, 2.75) is 18.2 Å². The van der Waals surface area contributed by atoms with Gasteiger partial charge in [-0.2, -0.15) is 0 Å². The average molecular weight is 285 g/mol. The van der Waals surface area contributed by atoms with Gasteiger partial charge in [0.25, 0.3) is 0 Å². The number of rotatable bonds is 6. The number of hydrogen-bond acceptors (Lipinski definition) is 4. The third kappa shape index (κ3) is 4.36. The van der Waals surface area contributed by atoms with E-state index in [1.807, 2.05) is 6.92 Å². The Kier molecular flexibility index (Phi) is 5.05. The van der Waals surface area contributed by atoms with Crippen LogP contribution >= 0.6 is 0 Å². The Hall–Kier alpha value is -1.89. The van der Waals surface area contributed by atoms with Crippen molar-refractivity contribution in [1.29, 1.82) is 0 Å². The molecule has 6 nitrogen and oxygen atoms in total. The highest BCUT2D eigenvalue weighted by atomic mass is 32.2. The first-order chi connectivity index (χ1) is 8.86. The van der Waals surface area contributed by atoms with E-state index in [9.17, 15) is 18.0 Å². The van der Waals surface area contributed by atoms with Gasteiger partial charge in [0, 0.05) is 6.54 Å². The zero-order chi connectivity index (χ0) is 14.5. The fraction of sp³-hybridized carbons (Fsp3) is 0.333. The molecular weight excluding hydrogens is 270 g/mol. The molecule has 0 aliphatic rings. The number of amides is 1. The van der Waals surface area contributed by atoms with E-state index in [-0.39, 0.29) is 10.5 Å². The van der Waals surface area contributed by atoms with Crippen LogP contribution in [0.4, 0.5) is 0 Å². The van der Waals surface area contributed by atoms with Crippen molar-refractivity contribution in [3.8, 4) is 0 Å². The van der Waals surface area contributed by atoms with Gasteiger partial charge in [0.05, 0.1) is 10.5 Å². The summed E-state index contributed by atoms with van der Waals surface area (Å²) in [4.78, 5) is 22.0. The minimum atomic E-state index is -3.74. The smallest absolute Gasteiger partial charge is 0.335 e. The van der Waals surface area contributed by atoms with Crippen LogP contribution in [0.2, 0.25) is 0 Å². The Labute approximate surface area is 111 Å². The first-order valence-corrected chi connectivity index (χ1v) is 7.35. The summed E-state index contributed by atoms with van der Waals surface area (Å²) < 4.78 is 23.8. The molecule has 0 fully saturated rings. The van der Waals surface area contributed by atoms with E-state index < -0.39 is 27.5 Å². The van der Waals surface area contributed by atoms with Gasteiger partial charge in [-0.25, -0.2) is 13.2 Å². The molecule has 0 unspecified atom stereocenters. The lowest BCUT2D eigenvalue weighted by molar-refractivity contribution is -0.118. The summed E-state index contributed by atoms with van der Waals surface area (Å²) >= 11 is 0. The SMILES string of the molecule is CCCNC(=O)CS(=O)(=O)c1ccc(C(=O)O)cc1. The highest BCUT2D eigenvalue weighted by Crippen LogP contribution is 2.12. The molecule has 1 rings (SSSR count). The molecule has 1 amide bonds. The second-order valence-electron chi connectivity index (χ2n) is 3.94. The Morgan fingerprint density at radius 2 is 1.79 bits per heavy atom. The van der Waals surface area contributed by atoms with Crippen molar-refractivity contribution in [3.05, 3.63) is 29.8 Å². The number of carboxylic acids is 1. The van der Waals surface area contributed by atoms with Crippen molar-refractivity contribution in [3.63, 3.8) is 0 Å². The van der Waals surface area contributed by atoms with Gasteiger partial charge in [0.2, 0.25) is 5.91 Å². The van der Waals surface area contributed by atoms with Gasteiger partial charge in [-0.15, -0.1) is 0 Å². The van der Waals surface area contributed by atoms with E-state index in [1.165, 1.54) is 24.3 Å². The standard InChI is InChI=1S/C12H15NO5S/c1-2-7-13-11(14)8-19(17,18)10-5-3-9(4-6-10)12(15)16/h3-6H,2,7-8H2,1H3,(H,13,14)(H,15,16). The van der Waals surface area contributed by atoms with E-state index in [4.69, 9.17) is 5.11 Å². The van der Waals surface area contributed by atoms with Crippen molar-refractivity contribution in [2.75, 3.05) is 12.3 Å². The molecule has 2 N–H and O–H groups in total. The second-order valence-corrected chi connectivity index (χ2v) is 5.93. The number of carbonyl (C=O) groups excluding carboxylic acids is 1. The van der Waals surface area contributed by atoms with Crippen LogP contribution in [-0.4, -0.2) is 37.7 Å². The summed E-state index contributed by atoms with van der Waals surface area (Å²) in [5.41, 5.74) is -0.00520. The predicted octanol–water partition coefficient (Wildman–Crippen LogP) is 0.685. The van der Waals surface area contributed by atoms with E-state index in [2.05, 4.69) is 5.32 Å². The highest BCUT2D eigenvalue weighted by Gasteiger charge is 2.19. The number of aromatic carboxylic acids is 1. The van der Waals surface area contributed by atoms with Gasteiger partial charge >= 0.3 is 5.97 Å². The number of carbonyl (C=O) groups is 2. The fourth-order valence-corrected chi connectivity index (χ4v) is 2.54. The molecular formula is C12H15NO5S. The van der Waals surface area contributed by atoms with Crippen molar-refractivity contribution in [2.24, 2.45) is 0 Å². The molecule has 0 bridgehead atoms. The van der Waals surface area contributed by atoms with Crippen LogP contribution in [0.5, 0.6) is 0 Å². The number of sulfone groups is 1. The summed E-state index contributed by atoms with van der Waals surface area (Å²) in [7, 11) is -3.74. The molecule has 0 heterocycles. The van der Waals surface area contributed by atoms with E-state index in [0.29, 0.717) is 6.54 Å². The summed E-state index contributed by atoms with van der Waals surface area (Å²) in [5.74, 6) is -2.34. The first-order valence-electron chi connectivity index (χ1n) is 5.69. The van der Waals surface area contributed by atoms with Gasteiger partial charge in [0.1, 0.15) is 5.75 Å². The minimum Gasteiger partial charge on any atom is -0.478 e. The average Bonchev–Trinajstić information content (AvgIpc) is 2.36.